The molecule has 0 radical (unpaired) electrons. The number of piperidine rings is 2. The molecule has 2 fully saturated rings. The lowest BCUT2D eigenvalue weighted by molar-refractivity contribution is 0.109. The minimum Gasteiger partial charge on any atom is -0.396 e. The van der Waals surface area contributed by atoms with Gasteiger partial charge in [-0.05, 0) is 38.0 Å². The Morgan fingerprint density at radius 3 is 2.12 bits per heavy atom. The summed E-state index contributed by atoms with van der Waals surface area (Å²) >= 11 is 0. The molecular formula is C12H22N2O2. The van der Waals surface area contributed by atoms with E-state index in [1.54, 1.807) is 0 Å². The van der Waals surface area contributed by atoms with Crippen LogP contribution in [0.4, 0.5) is 4.79 Å². The highest BCUT2D eigenvalue weighted by molar-refractivity contribution is 5.74. The van der Waals surface area contributed by atoms with Crippen molar-refractivity contribution in [2.75, 3.05) is 32.8 Å². The summed E-state index contributed by atoms with van der Waals surface area (Å²) in [7, 11) is 0. The second-order valence-corrected chi connectivity index (χ2v) is 4.94. The van der Waals surface area contributed by atoms with E-state index in [1.165, 1.54) is 6.42 Å². The molecule has 2 heterocycles. The molecular weight excluding hydrogens is 204 g/mol. The number of hydrogen-bond donors (Lipinski definition) is 1. The van der Waals surface area contributed by atoms with Crippen LogP contribution < -0.4 is 0 Å². The Morgan fingerprint density at radius 1 is 1.00 bits per heavy atom. The summed E-state index contributed by atoms with van der Waals surface area (Å²) < 4.78 is 0. The molecule has 4 heteroatoms. The van der Waals surface area contributed by atoms with Crippen LogP contribution in [0.2, 0.25) is 0 Å². The number of aliphatic hydroxyl groups excluding tert-OH is 1. The van der Waals surface area contributed by atoms with Gasteiger partial charge in [-0.15, -0.1) is 0 Å². The van der Waals surface area contributed by atoms with Crippen LogP contribution in [0.5, 0.6) is 0 Å². The van der Waals surface area contributed by atoms with E-state index in [0.29, 0.717) is 5.92 Å². The van der Waals surface area contributed by atoms with Crippen LogP contribution in [0.3, 0.4) is 0 Å². The summed E-state index contributed by atoms with van der Waals surface area (Å²) in [4.78, 5) is 16.1. The first-order chi connectivity index (χ1) is 7.81. The summed E-state index contributed by atoms with van der Waals surface area (Å²) in [5.41, 5.74) is 0. The van der Waals surface area contributed by atoms with Gasteiger partial charge in [-0.1, -0.05) is 0 Å². The number of urea groups is 1. The van der Waals surface area contributed by atoms with Crippen molar-refractivity contribution in [2.45, 2.75) is 32.1 Å². The monoisotopic (exact) mass is 226 g/mol. The molecule has 2 saturated heterocycles. The van der Waals surface area contributed by atoms with Gasteiger partial charge >= 0.3 is 6.03 Å². The maximum absolute atomic E-state index is 12.1. The normalized spacial score (nSPS) is 23.6. The van der Waals surface area contributed by atoms with Crippen molar-refractivity contribution in [3.05, 3.63) is 0 Å². The number of nitrogens with zero attached hydrogens (tertiary/aromatic N) is 2. The van der Waals surface area contributed by atoms with Gasteiger partial charge in [-0.25, -0.2) is 4.79 Å². The second-order valence-electron chi connectivity index (χ2n) is 4.94. The smallest absolute Gasteiger partial charge is 0.319 e. The fourth-order valence-electron chi connectivity index (χ4n) is 2.59. The number of aliphatic hydroxyl groups is 1. The lowest BCUT2D eigenvalue weighted by atomic mass is 9.98. The van der Waals surface area contributed by atoms with Gasteiger partial charge < -0.3 is 14.9 Å². The van der Waals surface area contributed by atoms with Gasteiger partial charge in [0.25, 0.3) is 0 Å². The van der Waals surface area contributed by atoms with Crippen LogP contribution in [0.15, 0.2) is 0 Å². The molecule has 92 valence electrons. The number of hydrogen-bond acceptors (Lipinski definition) is 2. The van der Waals surface area contributed by atoms with Crippen molar-refractivity contribution in [3.8, 4) is 0 Å². The molecule has 0 unspecified atom stereocenters. The Hall–Kier alpha value is -0.770. The third kappa shape index (κ3) is 2.67. The predicted molar refractivity (Wildman–Crippen MR) is 62.2 cm³/mol. The Labute approximate surface area is 97.2 Å². The Kier molecular flexibility index (Phi) is 4.04. The van der Waals surface area contributed by atoms with Crippen molar-refractivity contribution in [1.82, 2.24) is 9.80 Å². The van der Waals surface area contributed by atoms with Crippen molar-refractivity contribution in [3.63, 3.8) is 0 Å². The first-order valence-electron chi connectivity index (χ1n) is 6.46. The molecule has 0 aliphatic carbocycles. The molecule has 2 rings (SSSR count). The lowest BCUT2D eigenvalue weighted by Gasteiger charge is -2.36. The molecule has 4 nitrogen and oxygen atoms in total. The van der Waals surface area contributed by atoms with Gasteiger partial charge in [-0.2, -0.15) is 0 Å². The summed E-state index contributed by atoms with van der Waals surface area (Å²) in [5, 5.41) is 9.05. The first-order valence-corrected chi connectivity index (χ1v) is 6.46. The van der Waals surface area contributed by atoms with Crippen LogP contribution in [-0.2, 0) is 0 Å². The molecule has 2 amide bonds. The Bertz CT molecular complexity index is 231. The van der Waals surface area contributed by atoms with E-state index in [4.69, 9.17) is 5.11 Å². The summed E-state index contributed by atoms with van der Waals surface area (Å²) in [6, 6.07) is 0.219. The molecule has 0 aromatic carbocycles. The van der Waals surface area contributed by atoms with Gasteiger partial charge in [0, 0.05) is 32.8 Å². The van der Waals surface area contributed by atoms with Crippen molar-refractivity contribution in [2.24, 2.45) is 5.92 Å². The quantitative estimate of drug-likeness (QED) is 0.732. The fraction of sp³-hybridized carbons (Fsp3) is 0.917. The topological polar surface area (TPSA) is 43.8 Å². The van der Waals surface area contributed by atoms with E-state index >= 15 is 0 Å². The maximum atomic E-state index is 12.1. The molecule has 0 spiro atoms. The largest absolute Gasteiger partial charge is 0.396 e. The zero-order chi connectivity index (χ0) is 11.4. The SMILES string of the molecule is O=C(N1CCCCC1)N1CCC(CO)CC1. The highest BCUT2D eigenvalue weighted by Crippen LogP contribution is 2.19. The van der Waals surface area contributed by atoms with Crippen LogP contribution in [0.1, 0.15) is 32.1 Å². The number of amides is 2. The zero-order valence-corrected chi connectivity index (χ0v) is 9.90. The van der Waals surface area contributed by atoms with E-state index in [9.17, 15) is 4.79 Å². The summed E-state index contributed by atoms with van der Waals surface area (Å²) in [5.74, 6) is 0.408. The highest BCUT2D eigenvalue weighted by atomic mass is 16.3. The fourth-order valence-corrected chi connectivity index (χ4v) is 2.59. The van der Waals surface area contributed by atoms with Crippen molar-refractivity contribution >= 4 is 6.03 Å². The van der Waals surface area contributed by atoms with E-state index in [0.717, 1.165) is 51.9 Å². The van der Waals surface area contributed by atoms with Crippen LogP contribution >= 0.6 is 0 Å². The molecule has 0 bridgehead atoms. The molecule has 0 aromatic heterocycles. The molecule has 16 heavy (non-hydrogen) atoms. The third-order valence-electron chi connectivity index (χ3n) is 3.77. The average Bonchev–Trinajstić information content (AvgIpc) is 2.39. The molecule has 2 aliphatic heterocycles. The summed E-state index contributed by atoms with van der Waals surface area (Å²) in [6.45, 7) is 3.77. The molecule has 1 N–H and O–H groups in total. The molecule has 0 saturated carbocycles. The van der Waals surface area contributed by atoms with Crippen molar-refractivity contribution < 1.29 is 9.90 Å². The maximum Gasteiger partial charge on any atom is 0.319 e. The molecule has 0 aromatic rings. The van der Waals surface area contributed by atoms with Gasteiger partial charge in [0.1, 0.15) is 0 Å². The minimum atomic E-state index is 0.219. The minimum absolute atomic E-state index is 0.219. The summed E-state index contributed by atoms with van der Waals surface area (Å²) in [6.07, 6.45) is 5.47. The van der Waals surface area contributed by atoms with E-state index in [1.807, 2.05) is 9.80 Å². The Balaban J connectivity index is 1.81. The highest BCUT2D eigenvalue weighted by Gasteiger charge is 2.26. The average molecular weight is 226 g/mol. The van der Waals surface area contributed by atoms with Crippen LogP contribution in [0, 0.1) is 5.92 Å². The number of carbonyl (C=O) groups excluding carboxylic acids is 1. The molecule has 2 aliphatic rings. The van der Waals surface area contributed by atoms with Gasteiger partial charge in [0.05, 0.1) is 0 Å². The first kappa shape index (κ1) is 11.7. The van der Waals surface area contributed by atoms with E-state index in [2.05, 4.69) is 0 Å². The van der Waals surface area contributed by atoms with Gasteiger partial charge in [0.2, 0.25) is 0 Å². The second kappa shape index (κ2) is 5.53. The van der Waals surface area contributed by atoms with Gasteiger partial charge in [0.15, 0.2) is 0 Å². The van der Waals surface area contributed by atoms with Crippen LogP contribution in [-0.4, -0.2) is 53.7 Å². The number of rotatable bonds is 1. The number of carbonyl (C=O) groups is 1. The van der Waals surface area contributed by atoms with Gasteiger partial charge in [-0.3, -0.25) is 0 Å². The molecule has 0 atom stereocenters. The van der Waals surface area contributed by atoms with E-state index in [-0.39, 0.29) is 12.6 Å². The predicted octanol–water partition coefficient (Wildman–Crippen LogP) is 1.30. The number of likely N-dealkylation sites (tertiary alicyclic amines) is 2. The zero-order valence-electron chi connectivity index (χ0n) is 9.90. The van der Waals surface area contributed by atoms with Crippen molar-refractivity contribution in [1.29, 1.82) is 0 Å². The Morgan fingerprint density at radius 2 is 1.56 bits per heavy atom. The standard InChI is InChI=1S/C12H22N2O2/c15-10-11-4-8-14(9-5-11)12(16)13-6-2-1-3-7-13/h11,15H,1-10H2. The van der Waals surface area contributed by atoms with Crippen LogP contribution in [0.25, 0.3) is 0 Å². The third-order valence-corrected chi connectivity index (χ3v) is 3.77. The lowest BCUT2D eigenvalue weighted by Crippen LogP contribution is -2.48. The van der Waals surface area contributed by atoms with E-state index < -0.39 is 0 Å².